The van der Waals surface area contributed by atoms with Crippen LogP contribution in [0.2, 0.25) is 0 Å². The van der Waals surface area contributed by atoms with Gasteiger partial charge in [-0.25, -0.2) is 9.59 Å². The van der Waals surface area contributed by atoms with Crippen LogP contribution in [0.5, 0.6) is 11.5 Å². The van der Waals surface area contributed by atoms with Crippen LogP contribution in [0.3, 0.4) is 0 Å². The molecule has 0 heterocycles. The van der Waals surface area contributed by atoms with Gasteiger partial charge in [-0.3, -0.25) is 0 Å². The first-order valence-electron chi connectivity index (χ1n) is 13.1. The highest BCUT2D eigenvalue weighted by Gasteiger charge is 2.46. The fraction of sp³-hybridized carbons (Fsp3) is 0.143. The normalized spacial score (nSPS) is 12.7. The maximum atomic E-state index is 12.0. The summed E-state index contributed by atoms with van der Waals surface area (Å²) in [6.07, 6.45) is 3.71. The van der Waals surface area contributed by atoms with Crippen LogP contribution >= 0.6 is 0 Å². The van der Waals surface area contributed by atoms with Gasteiger partial charge in [-0.2, -0.15) is 0 Å². The van der Waals surface area contributed by atoms with Gasteiger partial charge in [0, 0.05) is 12.2 Å². The summed E-state index contributed by atoms with van der Waals surface area (Å²) < 4.78 is 11.1. The van der Waals surface area contributed by atoms with Crippen molar-refractivity contribution in [2.24, 2.45) is 0 Å². The molecule has 4 aromatic carbocycles. The van der Waals surface area contributed by atoms with E-state index in [1.165, 1.54) is 34.4 Å². The molecule has 5 rings (SSSR count). The summed E-state index contributed by atoms with van der Waals surface area (Å²) in [5.74, 6) is 0.0885. The fourth-order valence-corrected chi connectivity index (χ4v) is 5.70. The van der Waals surface area contributed by atoms with E-state index in [2.05, 4.69) is 73.8 Å². The molecular weight excluding hydrogens is 484 g/mol. The largest absolute Gasteiger partial charge is 0.423 e. The predicted octanol–water partition coefficient (Wildman–Crippen LogP) is 7.36. The van der Waals surface area contributed by atoms with Crippen LogP contribution in [0, 0.1) is 0 Å². The number of carbonyl (C=O) groups is 2. The quantitative estimate of drug-likeness (QED) is 0.123. The summed E-state index contributed by atoms with van der Waals surface area (Å²) in [6, 6.07) is 29.1. The van der Waals surface area contributed by atoms with Crippen LogP contribution < -0.4 is 9.47 Å². The molecule has 0 amide bonds. The van der Waals surface area contributed by atoms with Gasteiger partial charge in [0.25, 0.3) is 0 Å². The van der Waals surface area contributed by atoms with Crippen LogP contribution in [-0.4, -0.2) is 11.9 Å². The van der Waals surface area contributed by atoms with Crippen molar-refractivity contribution in [1.29, 1.82) is 0 Å². The van der Waals surface area contributed by atoms with Crippen molar-refractivity contribution in [3.05, 3.63) is 144 Å². The Bertz CT molecular complexity index is 1490. The van der Waals surface area contributed by atoms with Crippen LogP contribution in [0.25, 0.3) is 11.1 Å². The zero-order valence-corrected chi connectivity index (χ0v) is 22.2. The molecule has 0 unspecified atom stereocenters. The molecular formula is C35H30O4. The van der Waals surface area contributed by atoms with Crippen LogP contribution in [0.1, 0.15) is 47.2 Å². The van der Waals surface area contributed by atoms with E-state index in [9.17, 15) is 9.59 Å². The van der Waals surface area contributed by atoms with E-state index < -0.39 is 17.4 Å². The number of rotatable bonds is 8. The van der Waals surface area contributed by atoms with Crippen LogP contribution in [0.4, 0.5) is 0 Å². The molecule has 0 N–H and O–H groups in total. The Hall–Kier alpha value is -4.70. The summed E-state index contributed by atoms with van der Waals surface area (Å²) in [5.41, 5.74) is 8.03. The molecule has 4 nitrogen and oxygen atoms in total. The molecule has 39 heavy (non-hydrogen) atoms. The summed E-state index contributed by atoms with van der Waals surface area (Å²) in [7, 11) is 0. The van der Waals surface area contributed by atoms with E-state index in [1.807, 2.05) is 38.1 Å². The third kappa shape index (κ3) is 4.28. The highest BCUT2D eigenvalue weighted by molar-refractivity contribution is 5.87. The molecule has 4 heteroatoms. The minimum atomic E-state index is -0.636. The number of carbonyl (C=O) groups excluding carboxylic acids is 2. The SMILES string of the molecule is C=CC(=O)Oc1ccc(C2(c3ccc(OC(=O)C=C)c(CC)c3)c3ccccc3-c3ccccc32)cc1CC. The number of fused-ring (bicyclic) bond motifs is 3. The average molecular weight is 515 g/mol. The lowest BCUT2D eigenvalue weighted by atomic mass is 9.67. The second-order valence-electron chi connectivity index (χ2n) is 9.44. The van der Waals surface area contributed by atoms with Gasteiger partial charge < -0.3 is 9.47 Å². The zero-order valence-electron chi connectivity index (χ0n) is 22.2. The van der Waals surface area contributed by atoms with Crippen molar-refractivity contribution in [3.63, 3.8) is 0 Å². The summed E-state index contributed by atoms with van der Waals surface area (Å²) >= 11 is 0. The third-order valence-corrected chi connectivity index (χ3v) is 7.46. The van der Waals surface area contributed by atoms with Crippen molar-refractivity contribution < 1.29 is 19.1 Å². The van der Waals surface area contributed by atoms with E-state index in [4.69, 9.17) is 9.47 Å². The van der Waals surface area contributed by atoms with E-state index in [1.54, 1.807) is 0 Å². The first-order chi connectivity index (χ1) is 19.0. The molecule has 0 saturated carbocycles. The van der Waals surface area contributed by atoms with Gasteiger partial charge in [-0.1, -0.05) is 99.8 Å². The molecule has 0 fully saturated rings. The molecule has 1 aliphatic carbocycles. The Morgan fingerprint density at radius 1 is 0.667 bits per heavy atom. The maximum absolute atomic E-state index is 12.0. The average Bonchev–Trinajstić information content (AvgIpc) is 3.28. The van der Waals surface area contributed by atoms with Gasteiger partial charge in [0.05, 0.1) is 5.41 Å². The molecule has 0 saturated heterocycles. The number of ether oxygens (including phenoxy) is 2. The Morgan fingerprint density at radius 3 is 1.46 bits per heavy atom. The predicted molar refractivity (Wildman–Crippen MR) is 154 cm³/mol. The zero-order chi connectivity index (χ0) is 27.6. The molecule has 0 atom stereocenters. The molecule has 1 aliphatic rings. The maximum Gasteiger partial charge on any atom is 0.335 e. The van der Waals surface area contributed by atoms with E-state index in [-0.39, 0.29) is 0 Å². The molecule has 0 spiro atoms. The molecule has 0 bridgehead atoms. The van der Waals surface area contributed by atoms with Crippen molar-refractivity contribution in [2.45, 2.75) is 32.1 Å². The van der Waals surface area contributed by atoms with Crippen molar-refractivity contribution in [2.75, 3.05) is 0 Å². The lowest BCUT2D eigenvalue weighted by molar-refractivity contribution is -0.129. The van der Waals surface area contributed by atoms with Crippen LogP contribution in [-0.2, 0) is 27.8 Å². The van der Waals surface area contributed by atoms with Crippen molar-refractivity contribution in [1.82, 2.24) is 0 Å². The van der Waals surface area contributed by atoms with Gasteiger partial charge >= 0.3 is 11.9 Å². The summed E-state index contributed by atoms with van der Waals surface area (Å²) in [6.45, 7) is 11.2. The number of hydrogen-bond acceptors (Lipinski definition) is 4. The van der Waals surface area contributed by atoms with Gasteiger partial charge in [-0.15, -0.1) is 0 Å². The first-order valence-corrected chi connectivity index (χ1v) is 13.1. The van der Waals surface area contributed by atoms with Gasteiger partial charge in [0.2, 0.25) is 0 Å². The van der Waals surface area contributed by atoms with Gasteiger partial charge in [0.15, 0.2) is 0 Å². The molecule has 0 radical (unpaired) electrons. The van der Waals surface area contributed by atoms with E-state index >= 15 is 0 Å². The van der Waals surface area contributed by atoms with Crippen molar-refractivity contribution in [3.8, 4) is 22.6 Å². The first kappa shape index (κ1) is 25.9. The smallest absolute Gasteiger partial charge is 0.335 e. The monoisotopic (exact) mass is 514 g/mol. The molecule has 0 aromatic heterocycles. The Labute approximate surface area is 229 Å². The molecule has 0 aliphatic heterocycles. The molecule has 194 valence electrons. The number of benzene rings is 4. The fourth-order valence-electron chi connectivity index (χ4n) is 5.70. The summed E-state index contributed by atoms with van der Waals surface area (Å²) in [5, 5.41) is 0. The number of esters is 2. The van der Waals surface area contributed by atoms with Gasteiger partial charge in [0.1, 0.15) is 11.5 Å². The third-order valence-electron chi connectivity index (χ3n) is 7.46. The Kier molecular flexibility index (Phi) is 7.03. The minimum absolute atomic E-state index is 0.485. The second kappa shape index (κ2) is 10.6. The second-order valence-corrected chi connectivity index (χ2v) is 9.44. The standard InChI is InChI=1S/C35H30O4/c1-5-23-21-25(17-19-31(23)38-33(36)7-3)35(26-18-20-32(24(6-2)22-26)39-34(37)8-4)29-15-11-9-13-27(29)28-14-10-12-16-30(28)35/h7-22H,3-6H2,1-2H3. The lowest BCUT2D eigenvalue weighted by Crippen LogP contribution is -2.29. The highest BCUT2D eigenvalue weighted by Crippen LogP contribution is 2.56. The molecule has 4 aromatic rings. The lowest BCUT2D eigenvalue weighted by Gasteiger charge is -2.35. The number of hydrogen-bond donors (Lipinski definition) is 0. The van der Waals surface area contributed by atoms with Gasteiger partial charge in [-0.05, 0) is 69.5 Å². The summed E-state index contributed by atoms with van der Waals surface area (Å²) in [4.78, 5) is 24.0. The minimum Gasteiger partial charge on any atom is -0.423 e. The Morgan fingerprint density at radius 2 is 1.08 bits per heavy atom. The van der Waals surface area contributed by atoms with E-state index in [0.29, 0.717) is 24.3 Å². The Balaban J connectivity index is 1.82. The number of aryl methyl sites for hydroxylation is 2. The topological polar surface area (TPSA) is 52.6 Å². The van der Waals surface area contributed by atoms with E-state index in [0.717, 1.165) is 22.3 Å². The van der Waals surface area contributed by atoms with Crippen molar-refractivity contribution >= 4 is 11.9 Å². The van der Waals surface area contributed by atoms with Crippen LogP contribution in [0.15, 0.2) is 110 Å². The highest BCUT2D eigenvalue weighted by atomic mass is 16.5.